The first kappa shape index (κ1) is 16.1. The summed E-state index contributed by atoms with van der Waals surface area (Å²) in [5, 5.41) is 3.41. The van der Waals surface area contributed by atoms with E-state index in [0.717, 1.165) is 22.4 Å². The van der Waals surface area contributed by atoms with Gasteiger partial charge in [0.15, 0.2) is 11.5 Å². The molecule has 0 radical (unpaired) electrons. The van der Waals surface area contributed by atoms with Crippen LogP contribution in [0.25, 0.3) is 0 Å². The van der Waals surface area contributed by atoms with Crippen LogP contribution in [0, 0.1) is 0 Å². The van der Waals surface area contributed by atoms with Crippen LogP contribution >= 0.6 is 27.3 Å². The number of rotatable bonds is 7. The molecule has 1 aromatic carbocycles. The Hall–Kier alpha value is -1.24. The Morgan fingerprint density at radius 1 is 1.00 bits per heavy atom. The number of ether oxygens (including phenoxy) is 3. The highest BCUT2D eigenvalue weighted by atomic mass is 79.9. The fraction of sp³-hybridized carbons (Fsp3) is 0.333. The van der Waals surface area contributed by atoms with E-state index >= 15 is 0 Å². The third-order valence-electron chi connectivity index (χ3n) is 2.98. The first-order valence-electron chi connectivity index (χ1n) is 6.41. The summed E-state index contributed by atoms with van der Waals surface area (Å²) >= 11 is 5.20. The lowest BCUT2D eigenvalue weighted by molar-refractivity contribution is 0.323. The van der Waals surface area contributed by atoms with Crippen molar-refractivity contribution in [2.45, 2.75) is 13.1 Å². The highest BCUT2D eigenvalue weighted by molar-refractivity contribution is 9.11. The topological polar surface area (TPSA) is 39.7 Å². The third kappa shape index (κ3) is 4.12. The van der Waals surface area contributed by atoms with Gasteiger partial charge in [-0.15, -0.1) is 11.3 Å². The molecule has 0 unspecified atom stereocenters. The molecule has 0 aliphatic heterocycles. The molecule has 0 amide bonds. The van der Waals surface area contributed by atoms with Crippen LogP contribution in [0.15, 0.2) is 28.1 Å². The second-order valence-corrected chi connectivity index (χ2v) is 6.89. The zero-order valence-corrected chi connectivity index (χ0v) is 14.6. The van der Waals surface area contributed by atoms with Crippen molar-refractivity contribution in [2.75, 3.05) is 21.3 Å². The Morgan fingerprint density at radius 2 is 1.67 bits per heavy atom. The SMILES string of the molecule is COc1cc(CNCc2ccc(Br)s2)cc(OC)c1OC. The molecule has 0 atom stereocenters. The van der Waals surface area contributed by atoms with Gasteiger partial charge in [-0.05, 0) is 45.8 Å². The normalized spacial score (nSPS) is 10.5. The summed E-state index contributed by atoms with van der Waals surface area (Å²) in [7, 11) is 4.85. The van der Waals surface area contributed by atoms with E-state index in [9.17, 15) is 0 Å². The molecule has 1 aromatic heterocycles. The lowest BCUT2D eigenvalue weighted by Crippen LogP contribution is -2.12. The Morgan fingerprint density at radius 3 is 2.14 bits per heavy atom. The number of benzene rings is 1. The lowest BCUT2D eigenvalue weighted by atomic mass is 10.1. The van der Waals surface area contributed by atoms with Gasteiger partial charge in [0.05, 0.1) is 25.1 Å². The summed E-state index contributed by atoms with van der Waals surface area (Å²) in [6, 6.07) is 8.08. The second kappa shape index (κ2) is 7.68. The Labute approximate surface area is 137 Å². The van der Waals surface area contributed by atoms with Crippen molar-refractivity contribution < 1.29 is 14.2 Å². The van der Waals surface area contributed by atoms with Crippen molar-refractivity contribution in [1.29, 1.82) is 0 Å². The van der Waals surface area contributed by atoms with E-state index in [1.54, 1.807) is 32.7 Å². The quantitative estimate of drug-likeness (QED) is 0.802. The zero-order chi connectivity index (χ0) is 15.2. The van der Waals surface area contributed by atoms with Crippen LogP contribution in [0.1, 0.15) is 10.4 Å². The molecule has 0 aliphatic carbocycles. The van der Waals surface area contributed by atoms with Crippen LogP contribution in [-0.4, -0.2) is 21.3 Å². The van der Waals surface area contributed by atoms with Crippen molar-refractivity contribution in [3.63, 3.8) is 0 Å². The lowest BCUT2D eigenvalue weighted by Gasteiger charge is -2.14. The molecule has 21 heavy (non-hydrogen) atoms. The van der Waals surface area contributed by atoms with E-state index in [-0.39, 0.29) is 0 Å². The maximum atomic E-state index is 5.35. The second-order valence-electron chi connectivity index (χ2n) is 4.34. The summed E-state index contributed by atoms with van der Waals surface area (Å²) in [6.07, 6.45) is 0. The van der Waals surface area contributed by atoms with Gasteiger partial charge in [0.1, 0.15) is 0 Å². The molecular formula is C15H18BrNO3S. The van der Waals surface area contributed by atoms with Crippen molar-refractivity contribution in [2.24, 2.45) is 0 Å². The van der Waals surface area contributed by atoms with Gasteiger partial charge in [0.2, 0.25) is 5.75 Å². The molecule has 0 spiro atoms. The van der Waals surface area contributed by atoms with Gasteiger partial charge in [-0.2, -0.15) is 0 Å². The van der Waals surface area contributed by atoms with Crippen LogP contribution in [-0.2, 0) is 13.1 Å². The van der Waals surface area contributed by atoms with E-state index in [1.807, 2.05) is 12.1 Å². The van der Waals surface area contributed by atoms with Crippen LogP contribution < -0.4 is 19.5 Å². The first-order chi connectivity index (χ1) is 10.2. The molecule has 0 saturated heterocycles. The van der Waals surface area contributed by atoms with Gasteiger partial charge in [0, 0.05) is 18.0 Å². The smallest absolute Gasteiger partial charge is 0.203 e. The van der Waals surface area contributed by atoms with E-state index in [1.165, 1.54) is 4.88 Å². The zero-order valence-electron chi connectivity index (χ0n) is 12.2. The van der Waals surface area contributed by atoms with E-state index in [0.29, 0.717) is 17.2 Å². The Bertz CT molecular complexity index is 575. The Balaban J connectivity index is 2.05. The molecule has 0 saturated carbocycles. The molecule has 0 fully saturated rings. The molecule has 114 valence electrons. The summed E-state index contributed by atoms with van der Waals surface area (Å²) < 4.78 is 17.2. The third-order valence-corrected chi connectivity index (χ3v) is 4.61. The number of halogens is 1. The van der Waals surface area contributed by atoms with Crippen molar-refractivity contribution >= 4 is 27.3 Å². The van der Waals surface area contributed by atoms with Crippen molar-refractivity contribution in [3.05, 3.63) is 38.5 Å². The standard InChI is InChI=1S/C15H18BrNO3S/c1-18-12-6-10(7-13(19-2)15(12)20-3)8-17-9-11-4-5-14(16)21-11/h4-7,17H,8-9H2,1-3H3. The number of hydrogen-bond acceptors (Lipinski definition) is 5. The van der Waals surface area contributed by atoms with E-state index in [4.69, 9.17) is 14.2 Å². The minimum atomic E-state index is 0.617. The highest BCUT2D eigenvalue weighted by Gasteiger charge is 2.12. The molecule has 6 heteroatoms. The average molecular weight is 372 g/mol. The molecule has 0 aliphatic rings. The monoisotopic (exact) mass is 371 g/mol. The summed E-state index contributed by atoms with van der Waals surface area (Å²) in [4.78, 5) is 1.29. The van der Waals surface area contributed by atoms with Crippen LogP contribution in [0.2, 0.25) is 0 Å². The minimum absolute atomic E-state index is 0.617. The largest absolute Gasteiger partial charge is 0.493 e. The average Bonchev–Trinajstić information content (AvgIpc) is 2.91. The first-order valence-corrected chi connectivity index (χ1v) is 8.02. The van der Waals surface area contributed by atoms with E-state index < -0.39 is 0 Å². The van der Waals surface area contributed by atoms with Gasteiger partial charge in [-0.1, -0.05) is 0 Å². The van der Waals surface area contributed by atoms with Gasteiger partial charge in [0.25, 0.3) is 0 Å². The van der Waals surface area contributed by atoms with Crippen LogP contribution in [0.3, 0.4) is 0 Å². The molecular weight excluding hydrogens is 354 g/mol. The predicted octanol–water partition coefficient (Wildman–Crippen LogP) is 3.83. The maximum absolute atomic E-state index is 5.35. The highest BCUT2D eigenvalue weighted by Crippen LogP contribution is 2.38. The molecule has 4 nitrogen and oxygen atoms in total. The minimum Gasteiger partial charge on any atom is -0.493 e. The molecule has 2 rings (SSSR count). The summed E-state index contributed by atoms with van der Waals surface area (Å²) in [6.45, 7) is 1.55. The van der Waals surface area contributed by atoms with Crippen LogP contribution in [0.4, 0.5) is 0 Å². The summed E-state index contributed by atoms with van der Waals surface area (Å²) in [5.74, 6) is 1.96. The molecule has 1 heterocycles. The number of thiophene rings is 1. The molecule has 1 N–H and O–H groups in total. The fourth-order valence-electron chi connectivity index (χ4n) is 2.01. The maximum Gasteiger partial charge on any atom is 0.203 e. The molecule has 2 aromatic rings. The summed E-state index contributed by atoms with van der Waals surface area (Å²) in [5.41, 5.74) is 1.08. The fourth-order valence-corrected chi connectivity index (χ4v) is 3.47. The predicted molar refractivity (Wildman–Crippen MR) is 88.7 cm³/mol. The van der Waals surface area contributed by atoms with Crippen molar-refractivity contribution in [1.82, 2.24) is 5.32 Å². The van der Waals surface area contributed by atoms with Gasteiger partial charge < -0.3 is 19.5 Å². The number of methoxy groups -OCH3 is 3. The van der Waals surface area contributed by atoms with Crippen molar-refractivity contribution in [3.8, 4) is 17.2 Å². The van der Waals surface area contributed by atoms with E-state index in [2.05, 4.69) is 33.4 Å². The van der Waals surface area contributed by atoms with Gasteiger partial charge in [-0.3, -0.25) is 0 Å². The molecule has 0 bridgehead atoms. The number of nitrogens with one attached hydrogen (secondary N) is 1. The Kier molecular flexibility index (Phi) is 5.90. The number of hydrogen-bond donors (Lipinski definition) is 1. The van der Waals surface area contributed by atoms with Gasteiger partial charge in [-0.25, -0.2) is 0 Å². The van der Waals surface area contributed by atoms with Gasteiger partial charge >= 0.3 is 0 Å². The van der Waals surface area contributed by atoms with Crippen LogP contribution in [0.5, 0.6) is 17.2 Å².